The Morgan fingerprint density at radius 3 is 1.37 bits per heavy atom. The van der Waals surface area contributed by atoms with Gasteiger partial charge < -0.3 is 0 Å². The van der Waals surface area contributed by atoms with Gasteiger partial charge in [0, 0.05) is 0 Å². The highest BCUT2D eigenvalue weighted by atomic mass is 17.3. The highest BCUT2D eigenvalue weighted by Crippen LogP contribution is 2.27. The van der Waals surface area contributed by atoms with Crippen molar-refractivity contribution < 1.29 is 34.2 Å². The van der Waals surface area contributed by atoms with Gasteiger partial charge in [-0.05, 0) is 34.8 Å². The fraction of sp³-hybridized carbons (Fsp3) is 0.273. The van der Waals surface area contributed by atoms with Crippen LogP contribution in [-0.4, -0.2) is 40.8 Å². The van der Waals surface area contributed by atoms with E-state index in [1.54, 1.807) is 21.1 Å². The number of hydrogen-bond donors (Lipinski definition) is 0. The highest BCUT2D eigenvalue weighted by molar-refractivity contribution is 4.53. The van der Waals surface area contributed by atoms with E-state index < -0.39 is 14.4 Å². The lowest BCUT2D eigenvalue weighted by atomic mass is 10.9. The zero-order valence-electron chi connectivity index (χ0n) is 11.6. The average molecular weight is 273 g/mol. The van der Waals surface area contributed by atoms with Gasteiger partial charge >= 0.3 is 0 Å². The summed E-state index contributed by atoms with van der Waals surface area (Å²) in [5.41, 5.74) is 0. The molecule has 2 unspecified atom stereocenters. The molecule has 1 fully saturated rings. The molecule has 0 amide bonds. The minimum atomic E-state index is -0.494. The Labute approximate surface area is 112 Å². The Morgan fingerprint density at radius 2 is 1.11 bits per heavy atom. The van der Waals surface area contributed by atoms with Gasteiger partial charge in [0.2, 0.25) is 0 Å². The fourth-order valence-corrected chi connectivity index (χ4v) is 1.29. The van der Waals surface area contributed by atoms with Gasteiger partial charge in [0.15, 0.2) is 18.6 Å². The van der Waals surface area contributed by atoms with Gasteiger partial charge in [0.1, 0.15) is 21.1 Å². The molecule has 1 heterocycles. The van der Waals surface area contributed by atoms with E-state index in [0.717, 1.165) is 5.23 Å². The maximum atomic E-state index is 5.66. The van der Waals surface area contributed by atoms with E-state index in [4.69, 9.17) is 19.8 Å². The summed E-state index contributed by atoms with van der Waals surface area (Å²) >= 11 is 0. The zero-order valence-corrected chi connectivity index (χ0v) is 11.6. The second-order valence-electron chi connectivity index (χ2n) is 4.07. The van der Waals surface area contributed by atoms with Crippen molar-refractivity contribution in [1.82, 2.24) is 5.23 Å². The first kappa shape index (κ1) is 15.5. The molecule has 8 nitrogen and oxygen atoms in total. The normalized spacial score (nSPS) is 39.8. The van der Waals surface area contributed by atoms with Crippen LogP contribution in [0.2, 0.25) is 0 Å². The van der Waals surface area contributed by atoms with E-state index >= 15 is 0 Å². The molecule has 0 aromatic carbocycles. The van der Waals surface area contributed by atoms with Crippen LogP contribution in [0.3, 0.4) is 0 Å². The van der Waals surface area contributed by atoms with Crippen molar-refractivity contribution in [1.29, 1.82) is 0 Å². The number of nitrogens with zero attached hydrogens (tertiary/aromatic N) is 4. The van der Waals surface area contributed by atoms with Crippen molar-refractivity contribution in [2.75, 3.05) is 21.1 Å². The molecule has 2 atom stereocenters. The Bertz CT molecular complexity index is 376. The van der Waals surface area contributed by atoms with Crippen LogP contribution in [0.5, 0.6) is 0 Å². The van der Waals surface area contributed by atoms with Gasteiger partial charge in [-0.2, -0.15) is 0 Å². The molecule has 0 aromatic heterocycles. The molecular formula is C11H21N4O4+3. The number of quaternary nitrogens is 3. The Hall–Kier alpha value is -1.52. The molecule has 1 saturated heterocycles. The third kappa shape index (κ3) is 3.49. The maximum absolute atomic E-state index is 5.66. The van der Waals surface area contributed by atoms with Crippen LogP contribution in [-0.2, 0) is 19.8 Å². The summed E-state index contributed by atoms with van der Waals surface area (Å²) in [4.78, 5) is 20.8. The molecule has 19 heavy (non-hydrogen) atoms. The van der Waals surface area contributed by atoms with Crippen LogP contribution in [0.4, 0.5) is 0 Å². The molecule has 0 N–H and O–H groups in total. The largest absolute Gasteiger partial charge is 0.169 e. The molecule has 0 radical (unpaired) electrons. The third-order valence-electron chi connectivity index (χ3n) is 2.28. The van der Waals surface area contributed by atoms with Gasteiger partial charge in [-0.3, -0.25) is 0 Å². The van der Waals surface area contributed by atoms with Gasteiger partial charge in [-0.15, -0.1) is 0 Å². The quantitative estimate of drug-likeness (QED) is 0.728. The van der Waals surface area contributed by atoms with Crippen molar-refractivity contribution in [3.63, 3.8) is 0 Å². The predicted molar refractivity (Wildman–Crippen MR) is 65.5 cm³/mol. The lowest BCUT2D eigenvalue weighted by Crippen LogP contribution is -2.62. The van der Waals surface area contributed by atoms with Crippen molar-refractivity contribution in [2.45, 2.75) is 0 Å². The second-order valence-corrected chi connectivity index (χ2v) is 4.07. The summed E-state index contributed by atoms with van der Waals surface area (Å²) < 4.78 is 0. The molecule has 1 aliphatic heterocycles. The minimum absolute atomic E-state index is 0.476. The Kier molecular flexibility index (Phi) is 4.28. The number of hydroxylamine groups is 14. The van der Waals surface area contributed by atoms with E-state index in [-0.39, 0.29) is 0 Å². The van der Waals surface area contributed by atoms with Crippen molar-refractivity contribution in [2.24, 2.45) is 0 Å². The average Bonchev–Trinajstić information content (AvgIpc) is 2.36. The number of hydrogen-bond acceptors (Lipinski definition) is 5. The first-order valence-electron chi connectivity index (χ1n) is 5.47. The highest BCUT2D eigenvalue weighted by Gasteiger charge is 2.52. The smallest absolute Gasteiger partial charge is 0.0774 e. The molecule has 1 aliphatic rings. The predicted octanol–water partition coefficient (Wildman–Crippen LogP) is 1.60. The molecular weight excluding hydrogens is 252 g/mol. The van der Waals surface area contributed by atoms with Gasteiger partial charge in [0.25, 0.3) is 0 Å². The Morgan fingerprint density at radius 1 is 0.737 bits per heavy atom. The van der Waals surface area contributed by atoms with Crippen molar-refractivity contribution >= 4 is 0 Å². The van der Waals surface area contributed by atoms with Crippen LogP contribution < -0.4 is 0 Å². The summed E-state index contributed by atoms with van der Waals surface area (Å²) in [6, 6.07) is 0. The van der Waals surface area contributed by atoms with E-state index in [1.165, 1.54) is 24.8 Å². The molecule has 0 spiro atoms. The van der Waals surface area contributed by atoms with E-state index in [1.807, 2.05) is 0 Å². The van der Waals surface area contributed by atoms with E-state index in [2.05, 4.69) is 26.3 Å². The standard InChI is InChI=1S/C11H21N4O4/c1-8-12-16-13(5,9-2)18-15(7,11-4)19-14(6,10-3)17-12/h8-11H,1-4H2,5-7H3/q+3. The fourth-order valence-electron chi connectivity index (χ4n) is 1.29. The molecule has 0 aromatic rings. The second kappa shape index (κ2) is 5.23. The molecule has 1 rings (SSSR count). The third-order valence-corrected chi connectivity index (χ3v) is 2.28. The Balaban J connectivity index is 3.18. The summed E-state index contributed by atoms with van der Waals surface area (Å²) in [6.45, 7) is 14.5. The molecule has 8 heteroatoms. The first-order valence-corrected chi connectivity index (χ1v) is 5.47. The van der Waals surface area contributed by atoms with E-state index in [9.17, 15) is 0 Å². The van der Waals surface area contributed by atoms with Crippen LogP contribution in [0, 0.1) is 0 Å². The summed E-state index contributed by atoms with van der Waals surface area (Å²) in [6.07, 6.45) is 5.51. The summed E-state index contributed by atoms with van der Waals surface area (Å²) in [7, 11) is 4.77. The molecule has 0 aliphatic carbocycles. The molecule has 0 bridgehead atoms. The van der Waals surface area contributed by atoms with Gasteiger partial charge in [-0.25, -0.2) is 0 Å². The van der Waals surface area contributed by atoms with Crippen molar-refractivity contribution in [3.8, 4) is 0 Å². The van der Waals surface area contributed by atoms with E-state index in [0.29, 0.717) is 0 Å². The van der Waals surface area contributed by atoms with Crippen LogP contribution in [0.1, 0.15) is 0 Å². The topological polar surface area (TPSA) is 40.2 Å². The van der Waals surface area contributed by atoms with Crippen molar-refractivity contribution in [3.05, 3.63) is 51.1 Å². The summed E-state index contributed by atoms with van der Waals surface area (Å²) in [5, 5.41) is 0.982. The number of rotatable bonds is 4. The lowest BCUT2D eigenvalue weighted by molar-refractivity contribution is -1.54. The first-order chi connectivity index (χ1) is 8.74. The van der Waals surface area contributed by atoms with Crippen LogP contribution in [0.25, 0.3) is 0 Å². The lowest BCUT2D eigenvalue weighted by Gasteiger charge is -2.36. The van der Waals surface area contributed by atoms with Gasteiger partial charge in [0.05, 0.1) is 30.5 Å². The maximum Gasteiger partial charge on any atom is 0.169 e. The molecule has 106 valence electrons. The van der Waals surface area contributed by atoms with Gasteiger partial charge in [-0.1, -0.05) is 6.58 Å². The minimum Gasteiger partial charge on any atom is -0.0774 e. The summed E-state index contributed by atoms with van der Waals surface area (Å²) in [5.74, 6) is 0. The SMILES string of the molecule is C=CN1O[N+](C)(C=C)O[N+](C)(C=C)O[N+](C)(C=C)O1. The van der Waals surface area contributed by atoms with Crippen LogP contribution >= 0.6 is 0 Å². The molecule has 0 saturated carbocycles. The zero-order chi connectivity index (χ0) is 14.7. The van der Waals surface area contributed by atoms with Crippen LogP contribution in [0.15, 0.2) is 51.1 Å². The monoisotopic (exact) mass is 273 g/mol.